The molecule has 1 aromatic heterocycles. The standard InChI is InChI=1S/C14H24N4/c1-17-11-8-16-13(17)12(15)14(6-2-3-7-14)18-9-4-5-10-18/h8,11-12H,2-7,9-10,15H2,1H3. The van der Waals surface area contributed by atoms with E-state index in [4.69, 9.17) is 5.73 Å². The maximum atomic E-state index is 6.64. The number of likely N-dealkylation sites (tertiary alicyclic amines) is 1. The van der Waals surface area contributed by atoms with E-state index in [-0.39, 0.29) is 11.6 Å². The first-order chi connectivity index (χ1) is 8.74. The molecule has 2 N–H and O–H groups in total. The Morgan fingerprint density at radius 3 is 2.44 bits per heavy atom. The average Bonchev–Trinajstić information content (AvgIpc) is 3.10. The zero-order valence-corrected chi connectivity index (χ0v) is 11.3. The number of rotatable bonds is 3. The third kappa shape index (κ3) is 1.79. The van der Waals surface area contributed by atoms with E-state index in [1.807, 2.05) is 12.4 Å². The van der Waals surface area contributed by atoms with Crippen molar-refractivity contribution in [2.24, 2.45) is 12.8 Å². The predicted molar refractivity (Wildman–Crippen MR) is 72.1 cm³/mol. The van der Waals surface area contributed by atoms with Crippen LogP contribution in [0.25, 0.3) is 0 Å². The number of aryl methyl sites for hydroxylation is 1. The molecule has 0 amide bonds. The van der Waals surface area contributed by atoms with Gasteiger partial charge in [-0.1, -0.05) is 12.8 Å². The molecular formula is C14H24N4. The summed E-state index contributed by atoms with van der Waals surface area (Å²) in [6.45, 7) is 2.44. The lowest BCUT2D eigenvalue weighted by Crippen LogP contribution is -2.53. The summed E-state index contributed by atoms with van der Waals surface area (Å²) in [4.78, 5) is 7.14. The minimum atomic E-state index is 0.0538. The minimum absolute atomic E-state index is 0.0538. The van der Waals surface area contributed by atoms with Crippen LogP contribution in [0.4, 0.5) is 0 Å². The number of imidazole rings is 1. The summed E-state index contributed by atoms with van der Waals surface area (Å²) in [7, 11) is 2.05. The van der Waals surface area contributed by atoms with Crippen LogP contribution < -0.4 is 5.73 Å². The molecule has 0 bridgehead atoms. The molecule has 4 heteroatoms. The van der Waals surface area contributed by atoms with Gasteiger partial charge < -0.3 is 10.3 Å². The van der Waals surface area contributed by atoms with E-state index in [0.29, 0.717) is 0 Å². The Kier molecular flexibility index (Phi) is 3.16. The molecule has 1 aliphatic heterocycles. The van der Waals surface area contributed by atoms with Crippen LogP contribution in [0.5, 0.6) is 0 Å². The molecule has 1 saturated carbocycles. The molecule has 4 nitrogen and oxygen atoms in total. The highest BCUT2D eigenvalue weighted by Gasteiger charge is 2.46. The van der Waals surface area contributed by atoms with E-state index in [2.05, 4.69) is 21.5 Å². The molecule has 1 atom stereocenters. The van der Waals surface area contributed by atoms with Gasteiger partial charge in [-0.3, -0.25) is 4.90 Å². The quantitative estimate of drug-likeness (QED) is 0.887. The van der Waals surface area contributed by atoms with Crippen LogP contribution in [0.3, 0.4) is 0 Å². The number of hydrogen-bond donors (Lipinski definition) is 1. The fourth-order valence-corrected chi connectivity index (χ4v) is 3.89. The Morgan fingerprint density at radius 1 is 1.22 bits per heavy atom. The molecule has 0 aromatic carbocycles. The molecule has 2 heterocycles. The van der Waals surface area contributed by atoms with Crippen molar-refractivity contribution in [2.45, 2.75) is 50.1 Å². The molecule has 1 aliphatic carbocycles. The van der Waals surface area contributed by atoms with E-state index in [1.165, 1.54) is 51.6 Å². The van der Waals surface area contributed by atoms with Crippen LogP contribution in [0.2, 0.25) is 0 Å². The highest BCUT2D eigenvalue weighted by atomic mass is 15.2. The molecule has 3 rings (SSSR count). The Hall–Kier alpha value is -0.870. The molecule has 2 fully saturated rings. The highest BCUT2D eigenvalue weighted by Crippen LogP contribution is 2.44. The monoisotopic (exact) mass is 248 g/mol. The van der Waals surface area contributed by atoms with Gasteiger partial charge in [-0.2, -0.15) is 0 Å². The van der Waals surface area contributed by atoms with Gasteiger partial charge >= 0.3 is 0 Å². The lowest BCUT2D eigenvalue weighted by molar-refractivity contribution is 0.0880. The fraction of sp³-hybridized carbons (Fsp3) is 0.786. The zero-order chi connectivity index (χ0) is 12.6. The lowest BCUT2D eigenvalue weighted by atomic mass is 9.86. The van der Waals surface area contributed by atoms with Crippen molar-refractivity contribution in [1.29, 1.82) is 0 Å². The molecule has 1 saturated heterocycles. The van der Waals surface area contributed by atoms with Crippen molar-refractivity contribution >= 4 is 0 Å². The van der Waals surface area contributed by atoms with Gasteiger partial charge in [-0.25, -0.2) is 4.98 Å². The Balaban J connectivity index is 1.91. The molecule has 1 aromatic rings. The summed E-state index contributed by atoms with van der Waals surface area (Å²) in [5.41, 5.74) is 6.81. The third-order valence-corrected chi connectivity index (χ3v) is 4.92. The van der Waals surface area contributed by atoms with Crippen LogP contribution in [-0.4, -0.2) is 33.1 Å². The van der Waals surface area contributed by atoms with E-state index in [9.17, 15) is 0 Å². The normalized spacial score (nSPS) is 25.7. The van der Waals surface area contributed by atoms with Crippen LogP contribution >= 0.6 is 0 Å². The second-order valence-corrected chi connectivity index (χ2v) is 5.88. The largest absolute Gasteiger partial charge is 0.337 e. The predicted octanol–water partition coefficient (Wildman–Crippen LogP) is 1.83. The van der Waals surface area contributed by atoms with Gasteiger partial charge in [0.15, 0.2) is 0 Å². The minimum Gasteiger partial charge on any atom is -0.337 e. The molecule has 0 spiro atoms. The zero-order valence-electron chi connectivity index (χ0n) is 11.3. The summed E-state index contributed by atoms with van der Waals surface area (Å²) in [5.74, 6) is 1.05. The molecule has 0 radical (unpaired) electrons. The van der Waals surface area contributed by atoms with E-state index in [1.54, 1.807) is 0 Å². The Morgan fingerprint density at radius 2 is 1.89 bits per heavy atom. The van der Waals surface area contributed by atoms with Gasteiger partial charge in [-0.05, 0) is 38.8 Å². The van der Waals surface area contributed by atoms with Gasteiger partial charge in [0.25, 0.3) is 0 Å². The van der Waals surface area contributed by atoms with Crippen molar-refractivity contribution in [3.8, 4) is 0 Å². The molecule has 100 valence electrons. The number of nitrogens with two attached hydrogens (primary N) is 1. The van der Waals surface area contributed by atoms with Crippen molar-refractivity contribution < 1.29 is 0 Å². The fourth-order valence-electron chi connectivity index (χ4n) is 3.89. The summed E-state index contributed by atoms with van der Waals surface area (Å²) < 4.78 is 2.08. The van der Waals surface area contributed by atoms with Crippen LogP contribution in [0, 0.1) is 0 Å². The van der Waals surface area contributed by atoms with Crippen molar-refractivity contribution in [2.75, 3.05) is 13.1 Å². The molecular weight excluding hydrogens is 224 g/mol. The summed E-state index contributed by atoms with van der Waals surface area (Å²) >= 11 is 0. The molecule has 18 heavy (non-hydrogen) atoms. The summed E-state index contributed by atoms with van der Waals surface area (Å²) in [6.07, 6.45) is 11.6. The smallest absolute Gasteiger partial charge is 0.127 e. The summed E-state index contributed by atoms with van der Waals surface area (Å²) in [6, 6.07) is 0.0538. The molecule has 2 aliphatic rings. The number of nitrogens with zero attached hydrogens (tertiary/aromatic N) is 3. The van der Waals surface area contributed by atoms with Gasteiger partial charge in [0.05, 0.1) is 6.04 Å². The van der Waals surface area contributed by atoms with E-state index in [0.717, 1.165) is 5.82 Å². The third-order valence-electron chi connectivity index (χ3n) is 4.92. The van der Waals surface area contributed by atoms with Gasteiger partial charge in [0.1, 0.15) is 5.82 Å². The van der Waals surface area contributed by atoms with Crippen molar-refractivity contribution in [3.05, 3.63) is 18.2 Å². The van der Waals surface area contributed by atoms with Crippen molar-refractivity contribution in [3.63, 3.8) is 0 Å². The first-order valence-corrected chi connectivity index (χ1v) is 7.22. The van der Waals surface area contributed by atoms with Crippen molar-refractivity contribution in [1.82, 2.24) is 14.5 Å². The van der Waals surface area contributed by atoms with Gasteiger partial charge in [0.2, 0.25) is 0 Å². The Labute approximate surface area is 109 Å². The van der Waals surface area contributed by atoms with Crippen LogP contribution in [-0.2, 0) is 7.05 Å². The first-order valence-electron chi connectivity index (χ1n) is 7.22. The topological polar surface area (TPSA) is 47.1 Å². The first kappa shape index (κ1) is 12.2. The van der Waals surface area contributed by atoms with E-state index < -0.39 is 0 Å². The maximum Gasteiger partial charge on any atom is 0.127 e. The van der Waals surface area contributed by atoms with Crippen LogP contribution in [0.15, 0.2) is 12.4 Å². The molecule has 1 unspecified atom stereocenters. The second kappa shape index (κ2) is 4.67. The van der Waals surface area contributed by atoms with Gasteiger partial charge in [-0.15, -0.1) is 0 Å². The summed E-state index contributed by atoms with van der Waals surface area (Å²) in [5, 5.41) is 0. The number of aromatic nitrogens is 2. The van der Waals surface area contributed by atoms with Gasteiger partial charge in [0, 0.05) is 25.0 Å². The maximum absolute atomic E-state index is 6.64. The second-order valence-electron chi connectivity index (χ2n) is 5.88. The van der Waals surface area contributed by atoms with Crippen LogP contribution in [0.1, 0.15) is 50.4 Å². The average molecular weight is 248 g/mol. The van der Waals surface area contributed by atoms with E-state index >= 15 is 0 Å². The Bertz CT molecular complexity index is 400. The number of hydrogen-bond acceptors (Lipinski definition) is 3. The highest BCUT2D eigenvalue weighted by molar-refractivity contribution is 5.12. The lowest BCUT2D eigenvalue weighted by Gasteiger charge is -2.43. The SMILES string of the molecule is Cn1ccnc1C(N)C1(N2CCCC2)CCCC1.